The van der Waals surface area contributed by atoms with E-state index in [1.165, 1.54) is 5.56 Å². The van der Waals surface area contributed by atoms with Crippen molar-refractivity contribution in [2.45, 2.75) is 26.1 Å². The van der Waals surface area contributed by atoms with Gasteiger partial charge in [-0.15, -0.1) is 0 Å². The average Bonchev–Trinajstić information content (AvgIpc) is 2.82. The van der Waals surface area contributed by atoms with Crippen LogP contribution in [0.5, 0.6) is 5.75 Å². The third-order valence-electron chi connectivity index (χ3n) is 4.52. The van der Waals surface area contributed by atoms with Crippen molar-refractivity contribution >= 4 is 0 Å². The summed E-state index contributed by atoms with van der Waals surface area (Å²) in [5, 5.41) is 0. The summed E-state index contributed by atoms with van der Waals surface area (Å²) in [5.74, 6) is 0.955. The fourth-order valence-electron chi connectivity index (χ4n) is 3.07. The van der Waals surface area contributed by atoms with Gasteiger partial charge in [-0.05, 0) is 36.8 Å². The van der Waals surface area contributed by atoms with E-state index in [0.29, 0.717) is 12.6 Å². The quantitative estimate of drug-likeness (QED) is 0.736. The van der Waals surface area contributed by atoms with E-state index in [2.05, 4.69) is 51.0 Å². The highest BCUT2D eigenvalue weighted by Gasteiger charge is 2.22. The van der Waals surface area contributed by atoms with Gasteiger partial charge in [0.15, 0.2) is 0 Å². The zero-order chi connectivity index (χ0) is 17.1. The minimum Gasteiger partial charge on any atom is -0.492 e. The second kappa shape index (κ2) is 6.99. The first-order chi connectivity index (χ1) is 12.3. The third kappa shape index (κ3) is 3.51. The molecule has 0 N–H and O–H groups in total. The van der Waals surface area contributed by atoms with Gasteiger partial charge < -0.3 is 4.74 Å². The lowest BCUT2D eigenvalue weighted by molar-refractivity contribution is 0.150. The molecule has 2 aromatic heterocycles. The van der Waals surface area contributed by atoms with Crippen LogP contribution in [0.1, 0.15) is 18.2 Å². The van der Waals surface area contributed by atoms with E-state index in [4.69, 9.17) is 4.74 Å². The highest BCUT2D eigenvalue weighted by atomic mass is 16.5. The number of hydrogen-bond acceptors (Lipinski definition) is 5. The summed E-state index contributed by atoms with van der Waals surface area (Å²) in [4.78, 5) is 15.1. The van der Waals surface area contributed by atoms with E-state index in [0.717, 1.165) is 35.7 Å². The van der Waals surface area contributed by atoms with Crippen LogP contribution in [-0.4, -0.2) is 32.5 Å². The fraction of sp³-hybridized carbons (Fsp3) is 0.250. The van der Waals surface area contributed by atoms with Crippen molar-refractivity contribution in [3.05, 3.63) is 72.6 Å². The Bertz CT molecular complexity index is 839. The van der Waals surface area contributed by atoms with Crippen LogP contribution >= 0.6 is 0 Å². The van der Waals surface area contributed by atoms with Crippen molar-refractivity contribution in [3.8, 4) is 16.9 Å². The van der Waals surface area contributed by atoms with Crippen molar-refractivity contribution in [2.24, 2.45) is 0 Å². The molecule has 0 saturated carbocycles. The van der Waals surface area contributed by atoms with Crippen LogP contribution in [0.2, 0.25) is 0 Å². The molecule has 0 fully saturated rings. The zero-order valence-electron chi connectivity index (χ0n) is 14.2. The molecule has 5 nitrogen and oxygen atoms in total. The molecule has 1 atom stereocenters. The monoisotopic (exact) mass is 332 g/mol. The van der Waals surface area contributed by atoms with E-state index in [9.17, 15) is 0 Å². The Morgan fingerprint density at radius 1 is 1.12 bits per heavy atom. The predicted molar refractivity (Wildman–Crippen MR) is 95.9 cm³/mol. The van der Waals surface area contributed by atoms with Crippen LogP contribution in [0.25, 0.3) is 11.1 Å². The van der Waals surface area contributed by atoms with Gasteiger partial charge in [-0.1, -0.05) is 12.1 Å². The maximum Gasteiger partial charge on any atom is 0.123 e. The maximum atomic E-state index is 6.03. The van der Waals surface area contributed by atoms with Gasteiger partial charge in [0.1, 0.15) is 18.7 Å². The van der Waals surface area contributed by atoms with Crippen molar-refractivity contribution < 1.29 is 4.74 Å². The molecule has 1 aliphatic heterocycles. The summed E-state index contributed by atoms with van der Waals surface area (Å²) in [7, 11) is 0. The van der Waals surface area contributed by atoms with Crippen LogP contribution in [0.15, 0.2) is 61.3 Å². The Balaban J connectivity index is 1.62. The molecule has 126 valence electrons. The van der Waals surface area contributed by atoms with Gasteiger partial charge in [0.2, 0.25) is 0 Å². The molecular formula is C20H20N4O. The maximum absolute atomic E-state index is 6.03. The van der Waals surface area contributed by atoms with Gasteiger partial charge in [-0.3, -0.25) is 9.88 Å². The number of nitrogens with zero attached hydrogens (tertiary/aromatic N) is 4. The van der Waals surface area contributed by atoms with E-state index in [1.54, 1.807) is 6.33 Å². The van der Waals surface area contributed by atoms with Gasteiger partial charge >= 0.3 is 0 Å². The molecular weight excluding hydrogens is 312 g/mol. The Hall–Kier alpha value is -2.79. The summed E-state index contributed by atoms with van der Waals surface area (Å²) in [6, 6.07) is 12.7. The summed E-state index contributed by atoms with van der Waals surface area (Å²) in [6.45, 7) is 4.51. The Morgan fingerprint density at radius 2 is 2.00 bits per heavy atom. The number of pyridine rings is 1. The summed E-state index contributed by atoms with van der Waals surface area (Å²) in [5.41, 5.74) is 4.38. The van der Waals surface area contributed by atoms with E-state index in [1.807, 2.05) is 30.7 Å². The number of hydrogen-bond donors (Lipinski definition) is 0. The minimum absolute atomic E-state index is 0.318. The second-order valence-electron chi connectivity index (χ2n) is 6.34. The Kier molecular flexibility index (Phi) is 4.39. The molecule has 3 aromatic rings. The number of ether oxygens (including phenoxy) is 1. The molecule has 0 bridgehead atoms. The summed E-state index contributed by atoms with van der Waals surface area (Å²) < 4.78 is 6.03. The lowest BCUT2D eigenvalue weighted by atomic mass is 10.0. The van der Waals surface area contributed by atoms with E-state index >= 15 is 0 Å². The normalized spacial score (nSPS) is 17.4. The molecule has 0 radical (unpaired) electrons. The van der Waals surface area contributed by atoms with Crippen LogP contribution in [0.3, 0.4) is 0 Å². The molecule has 3 heterocycles. The first-order valence-corrected chi connectivity index (χ1v) is 8.44. The largest absolute Gasteiger partial charge is 0.492 e. The predicted octanol–water partition coefficient (Wildman–Crippen LogP) is 3.32. The third-order valence-corrected chi connectivity index (χ3v) is 4.52. The Labute approximate surface area is 147 Å². The lowest BCUT2D eigenvalue weighted by Gasteiger charge is -2.25. The standard InChI is InChI=1S/C20H20N4O/c1-15-13-25-20-6-5-16(18-9-21-14-22-10-18)8-17(20)11-24(15)12-19-4-2-3-7-23-19/h2-10,14-15H,11-13H2,1H3/t15-/m1/s1. The average molecular weight is 332 g/mol. The topological polar surface area (TPSA) is 51.1 Å². The smallest absolute Gasteiger partial charge is 0.123 e. The van der Waals surface area contributed by atoms with Crippen LogP contribution in [-0.2, 0) is 13.1 Å². The first-order valence-electron chi connectivity index (χ1n) is 8.44. The highest BCUT2D eigenvalue weighted by Crippen LogP contribution is 2.30. The van der Waals surface area contributed by atoms with Gasteiger partial charge in [0.25, 0.3) is 0 Å². The number of rotatable bonds is 3. The minimum atomic E-state index is 0.318. The number of aromatic nitrogens is 3. The molecule has 25 heavy (non-hydrogen) atoms. The molecule has 0 aliphatic carbocycles. The second-order valence-corrected chi connectivity index (χ2v) is 6.34. The molecule has 5 heteroatoms. The molecule has 0 spiro atoms. The molecule has 1 aliphatic rings. The van der Waals surface area contributed by atoms with Gasteiger partial charge in [-0.2, -0.15) is 0 Å². The van der Waals surface area contributed by atoms with Crippen molar-refractivity contribution in [1.29, 1.82) is 0 Å². The van der Waals surface area contributed by atoms with Crippen LogP contribution in [0.4, 0.5) is 0 Å². The van der Waals surface area contributed by atoms with Gasteiger partial charge in [0.05, 0.1) is 5.69 Å². The Morgan fingerprint density at radius 3 is 2.80 bits per heavy atom. The van der Waals surface area contributed by atoms with Crippen LogP contribution < -0.4 is 4.74 Å². The first kappa shape index (κ1) is 15.7. The summed E-state index contributed by atoms with van der Waals surface area (Å²) >= 11 is 0. The van der Waals surface area contributed by atoms with E-state index in [-0.39, 0.29) is 0 Å². The molecule has 1 aromatic carbocycles. The highest BCUT2D eigenvalue weighted by molar-refractivity contribution is 5.64. The molecule has 0 amide bonds. The lowest BCUT2D eigenvalue weighted by Crippen LogP contribution is -2.34. The molecule has 4 rings (SSSR count). The van der Waals surface area contributed by atoms with Crippen molar-refractivity contribution in [2.75, 3.05) is 6.61 Å². The fourth-order valence-corrected chi connectivity index (χ4v) is 3.07. The molecule has 0 unspecified atom stereocenters. The van der Waals surface area contributed by atoms with E-state index < -0.39 is 0 Å². The van der Waals surface area contributed by atoms with Crippen molar-refractivity contribution in [1.82, 2.24) is 19.9 Å². The van der Waals surface area contributed by atoms with Gasteiger partial charge in [-0.25, -0.2) is 9.97 Å². The van der Waals surface area contributed by atoms with Crippen LogP contribution in [0, 0.1) is 0 Å². The molecule has 0 saturated heterocycles. The summed E-state index contributed by atoms with van der Waals surface area (Å²) in [6.07, 6.45) is 7.06. The SMILES string of the molecule is C[C@@H]1COc2ccc(-c3cncnc3)cc2CN1Cc1ccccn1. The van der Waals surface area contributed by atoms with Gasteiger partial charge in [0, 0.05) is 48.8 Å². The van der Waals surface area contributed by atoms with Crippen molar-refractivity contribution in [3.63, 3.8) is 0 Å². The number of fused-ring (bicyclic) bond motifs is 1. The number of benzene rings is 1. The zero-order valence-corrected chi connectivity index (χ0v) is 14.2.